The summed E-state index contributed by atoms with van der Waals surface area (Å²) >= 11 is 4.99. The number of thiophene rings is 1. The summed E-state index contributed by atoms with van der Waals surface area (Å²) < 4.78 is 0.711. The second-order valence-electron chi connectivity index (χ2n) is 10.4. The van der Waals surface area contributed by atoms with Crippen molar-refractivity contribution in [2.45, 2.75) is 52.9 Å². The molecule has 1 saturated heterocycles. The van der Waals surface area contributed by atoms with Crippen LogP contribution in [0, 0.1) is 17.3 Å². The highest BCUT2D eigenvalue weighted by Crippen LogP contribution is 2.45. The van der Waals surface area contributed by atoms with Gasteiger partial charge in [0.1, 0.15) is 5.00 Å². The molecule has 0 radical (unpaired) electrons. The number of piperidine rings is 1. The van der Waals surface area contributed by atoms with Gasteiger partial charge in [0, 0.05) is 28.4 Å². The molecule has 2 heterocycles. The quantitative estimate of drug-likeness (QED) is 0.549. The summed E-state index contributed by atoms with van der Waals surface area (Å²) in [7, 11) is 0. The largest absolute Gasteiger partial charge is 0.369 e. The highest BCUT2D eigenvalue weighted by Gasteiger charge is 2.36. The number of primary amides is 1. The maximum absolute atomic E-state index is 13.7. The zero-order valence-corrected chi connectivity index (χ0v) is 22.4. The first kappa shape index (κ1) is 24.9. The van der Waals surface area contributed by atoms with Gasteiger partial charge in [-0.25, -0.2) is 0 Å². The predicted molar refractivity (Wildman–Crippen MR) is 139 cm³/mol. The number of likely N-dealkylation sites (tertiary alicyclic amines) is 1. The Hall–Kier alpha value is -2.19. The normalized spacial score (nSPS) is 18.9. The summed E-state index contributed by atoms with van der Waals surface area (Å²) in [5.74, 6) is -0.242. The minimum atomic E-state index is -0.297. The molecule has 3 amide bonds. The van der Waals surface area contributed by atoms with Crippen molar-refractivity contribution < 1.29 is 14.4 Å². The molecule has 4 rings (SSSR count). The Morgan fingerprint density at radius 2 is 1.79 bits per heavy atom. The maximum atomic E-state index is 13.7. The number of benzene rings is 1. The molecule has 1 aliphatic heterocycles. The van der Waals surface area contributed by atoms with Crippen LogP contribution >= 0.6 is 27.3 Å². The molecule has 6 nitrogen and oxygen atoms in total. The smallest absolute Gasteiger partial charge is 0.257 e. The van der Waals surface area contributed by atoms with Gasteiger partial charge in [-0.1, -0.05) is 32.9 Å². The molecule has 3 N–H and O–H groups in total. The van der Waals surface area contributed by atoms with Gasteiger partial charge in [0.25, 0.3) is 11.8 Å². The van der Waals surface area contributed by atoms with Crippen molar-refractivity contribution in [3.63, 3.8) is 0 Å². The molecule has 182 valence electrons. The van der Waals surface area contributed by atoms with Crippen LogP contribution in [0.3, 0.4) is 0 Å². The summed E-state index contributed by atoms with van der Waals surface area (Å²) in [6.07, 6.45) is 3.93. The van der Waals surface area contributed by atoms with Crippen LogP contribution in [-0.2, 0) is 17.6 Å². The van der Waals surface area contributed by atoms with E-state index in [-0.39, 0.29) is 29.1 Å². The van der Waals surface area contributed by atoms with Gasteiger partial charge in [-0.05, 0) is 77.1 Å². The van der Waals surface area contributed by atoms with E-state index in [1.165, 1.54) is 16.2 Å². The molecule has 1 atom stereocenters. The average molecular weight is 547 g/mol. The number of nitrogens with two attached hydrogens (primary N) is 1. The molecule has 1 aromatic heterocycles. The second kappa shape index (κ2) is 9.82. The van der Waals surface area contributed by atoms with Crippen LogP contribution in [0.25, 0.3) is 0 Å². The number of fused-ring (bicyclic) bond motifs is 1. The lowest BCUT2D eigenvalue weighted by molar-refractivity contribution is -0.123. The molecule has 0 spiro atoms. The molecule has 1 aliphatic carbocycles. The fourth-order valence-corrected chi connectivity index (χ4v) is 6.76. The minimum Gasteiger partial charge on any atom is -0.369 e. The van der Waals surface area contributed by atoms with Crippen LogP contribution < -0.4 is 11.1 Å². The number of anilines is 1. The van der Waals surface area contributed by atoms with Gasteiger partial charge in [-0.15, -0.1) is 11.3 Å². The van der Waals surface area contributed by atoms with Gasteiger partial charge in [0.05, 0.1) is 11.1 Å². The fraction of sp³-hybridized carbons (Fsp3) is 0.500. The Kier molecular flexibility index (Phi) is 7.20. The van der Waals surface area contributed by atoms with E-state index in [1.807, 2.05) is 23.1 Å². The van der Waals surface area contributed by atoms with Crippen LogP contribution in [0.1, 0.15) is 71.2 Å². The lowest BCUT2D eigenvalue weighted by Gasteiger charge is -2.34. The van der Waals surface area contributed by atoms with Crippen LogP contribution in [0.4, 0.5) is 5.00 Å². The van der Waals surface area contributed by atoms with Crippen molar-refractivity contribution in [1.29, 1.82) is 0 Å². The molecule has 1 unspecified atom stereocenters. The SMILES string of the molecule is CC(C)(C)C1CCc2c(sc(NC(=O)c3ccccc3Br)c2C(=O)N2CCC(C(N)=O)CC2)C1. The van der Waals surface area contributed by atoms with E-state index < -0.39 is 0 Å². The Morgan fingerprint density at radius 1 is 1.12 bits per heavy atom. The number of carbonyl (C=O) groups excluding carboxylic acids is 3. The molecular weight excluding hydrogens is 514 g/mol. The summed E-state index contributed by atoms with van der Waals surface area (Å²) in [6.45, 7) is 7.79. The average Bonchev–Trinajstić information content (AvgIpc) is 3.15. The third kappa shape index (κ3) is 5.08. The monoisotopic (exact) mass is 545 g/mol. The van der Waals surface area contributed by atoms with E-state index in [2.05, 4.69) is 42.0 Å². The molecule has 34 heavy (non-hydrogen) atoms. The van der Waals surface area contributed by atoms with Gasteiger partial charge in [0.2, 0.25) is 5.91 Å². The van der Waals surface area contributed by atoms with Crippen LogP contribution in [0.2, 0.25) is 0 Å². The van der Waals surface area contributed by atoms with Gasteiger partial charge in [-0.2, -0.15) is 0 Å². The van der Waals surface area contributed by atoms with E-state index >= 15 is 0 Å². The Balaban J connectivity index is 1.66. The van der Waals surface area contributed by atoms with Crippen LogP contribution in [0.15, 0.2) is 28.7 Å². The first-order valence-corrected chi connectivity index (χ1v) is 13.5. The van der Waals surface area contributed by atoms with Gasteiger partial charge in [-0.3, -0.25) is 14.4 Å². The van der Waals surface area contributed by atoms with Gasteiger partial charge < -0.3 is 16.0 Å². The molecule has 2 aliphatic rings. The Bertz CT molecular complexity index is 1110. The lowest BCUT2D eigenvalue weighted by atomic mass is 9.72. The fourth-order valence-electron chi connectivity index (χ4n) is 4.98. The molecule has 0 saturated carbocycles. The molecule has 0 bridgehead atoms. The van der Waals surface area contributed by atoms with Crippen LogP contribution in [-0.4, -0.2) is 35.7 Å². The van der Waals surface area contributed by atoms with Crippen molar-refractivity contribution in [2.24, 2.45) is 23.0 Å². The molecule has 8 heteroatoms. The summed E-state index contributed by atoms with van der Waals surface area (Å²) in [4.78, 5) is 41.5. The maximum Gasteiger partial charge on any atom is 0.257 e. The highest BCUT2D eigenvalue weighted by molar-refractivity contribution is 9.10. The molecule has 1 aromatic carbocycles. The summed E-state index contributed by atoms with van der Waals surface area (Å²) in [5.41, 5.74) is 7.90. The number of hydrogen-bond acceptors (Lipinski definition) is 4. The van der Waals surface area contributed by atoms with Gasteiger partial charge >= 0.3 is 0 Å². The third-order valence-corrected chi connectivity index (χ3v) is 9.10. The van der Waals surface area contributed by atoms with Crippen molar-refractivity contribution in [3.05, 3.63) is 50.3 Å². The number of nitrogens with one attached hydrogen (secondary N) is 1. The van der Waals surface area contributed by atoms with E-state index in [4.69, 9.17) is 5.73 Å². The summed E-state index contributed by atoms with van der Waals surface area (Å²) in [6, 6.07) is 7.28. The minimum absolute atomic E-state index is 0.0583. The lowest BCUT2D eigenvalue weighted by Crippen LogP contribution is -2.42. The van der Waals surface area contributed by atoms with E-state index in [9.17, 15) is 14.4 Å². The first-order chi connectivity index (χ1) is 16.1. The Labute approximate surface area is 213 Å². The van der Waals surface area contributed by atoms with Crippen LogP contribution in [0.5, 0.6) is 0 Å². The van der Waals surface area contributed by atoms with E-state index in [1.54, 1.807) is 6.07 Å². The number of amides is 3. The molecule has 1 fully saturated rings. The number of halogens is 1. The standard InChI is InChI=1S/C26H32BrN3O3S/c1-26(2,3)16-8-9-18-20(14-16)34-24(29-23(32)17-6-4-5-7-19(17)27)21(18)25(33)30-12-10-15(11-13-30)22(28)31/h4-7,15-16H,8-14H2,1-3H3,(H2,28,31)(H,29,32). The van der Waals surface area contributed by atoms with E-state index in [0.717, 1.165) is 24.8 Å². The van der Waals surface area contributed by atoms with Crippen molar-refractivity contribution >= 4 is 50.0 Å². The second-order valence-corrected chi connectivity index (χ2v) is 12.4. The number of rotatable bonds is 4. The number of hydrogen-bond donors (Lipinski definition) is 2. The van der Waals surface area contributed by atoms with Crippen molar-refractivity contribution in [3.8, 4) is 0 Å². The zero-order valence-electron chi connectivity index (χ0n) is 19.9. The molecule has 2 aromatic rings. The van der Waals surface area contributed by atoms with Crippen molar-refractivity contribution in [2.75, 3.05) is 18.4 Å². The van der Waals surface area contributed by atoms with Gasteiger partial charge in [0.15, 0.2) is 0 Å². The van der Waals surface area contributed by atoms with E-state index in [0.29, 0.717) is 52.4 Å². The number of nitrogens with zero attached hydrogens (tertiary/aromatic N) is 1. The predicted octanol–water partition coefficient (Wildman–Crippen LogP) is 5.25. The number of carbonyl (C=O) groups is 3. The first-order valence-electron chi connectivity index (χ1n) is 11.8. The molecular formula is C26H32BrN3O3S. The summed E-state index contributed by atoms with van der Waals surface area (Å²) in [5, 5.41) is 3.68. The highest BCUT2D eigenvalue weighted by atomic mass is 79.9. The zero-order chi connectivity index (χ0) is 24.6. The topological polar surface area (TPSA) is 92.5 Å². The third-order valence-electron chi connectivity index (χ3n) is 7.23. The Morgan fingerprint density at radius 3 is 2.41 bits per heavy atom. The van der Waals surface area contributed by atoms with Crippen molar-refractivity contribution in [1.82, 2.24) is 4.90 Å².